The van der Waals surface area contributed by atoms with Gasteiger partial charge in [-0.2, -0.15) is 0 Å². The molecule has 1 atom stereocenters. The maximum absolute atomic E-state index is 12.9. The van der Waals surface area contributed by atoms with Gasteiger partial charge in [0.25, 0.3) is 0 Å². The second kappa shape index (κ2) is 6.11. The Bertz CT molecular complexity index is 667. The van der Waals surface area contributed by atoms with Crippen LogP contribution >= 0.6 is 0 Å². The zero-order valence-corrected chi connectivity index (χ0v) is 15.4. The smallest absolute Gasteiger partial charge is 0.224 e. The number of hydrogen-bond acceptors (Lipinski definition) is 2. The fourth-order valence-electron chi connectivity index (χ4n) is 4.14. The Morgan fingerprint density at radius 1 is 1.20 bits per heavy atom. The van der Waals surface area contributed by atoms with Crippen molar-refractivity contribution >= 4 is 11.8 Å². The molecule has 1 aromatic rings. The Balaban J connectivity index is 1.51. The minimum Gasteiger partial charge on any atom is -0.351 e. The Kier molecular flexibility index (Phi) is 4.38. The summed E-state index contributed by atoms with van der Waals surface area (Å²) in [4.78, 5) is 26.5. The monoisotopic (exact) mass is 346 g/mol. The van der Waals surface area contributed by atoms with Crippen LogP contribution in [0.5, 0.6) is 0 Å². The van der Waals surface area contributed by atoms with Gasteiger partial charge in [-0.3, -0.25) is 9.59 Å². The summed E-state index contributed by atoms with van der Waals surface area (Å²) in [5.41, 5.74) is 1.01. The predicted molar refractivity (Wildman–Crippen MR) is 94.3 cm³/mol. The van der Waals surface area contributed by atoms with Crippen LogP contribution in [0.1, 0.15) is 39.7 Å². The number of carbonyl (C=O) groups is 2. The van der Waals surface area contributed by atoms with E-state index in [0.29, 0.717) is 25.9 Å². The molecular weight excluding hydrogens is 319 g/mol. The van der Waals surface area contributed by atoms with Crippen LogP contribution in [0.3, 0.4) is 0 Å². The molecule has 5 heteroatoms. The summed E-state index contributed by atoms with van der Waals surface area (Å²) in [6, 6.07) is 6.24. The molecule has 1 N–H and O–H groups in total. The normalized spacial score (nSPS) is 24.4. The summed E-state index contributed by atoms with van der Waals surface area (Å²) in [7, 11) is 0. The number of rotatable bonds is 5. The third-order valence-electron chi connectivity index (χ3n) is 6.43. The zero-order chi connectivity index (χ0) is 18.4. The van der Waals surface area contributed by atoms with Crippen molar-refractivity contribution in [1.82, 2.24) is 10.2 Å². The van der Waals surface area contributed by atoms with E-state index >= 15 is 0 Å². The van der Waals surface area contributed by atoms with Crippen molar-refractivity contribution in [3.63, 3.8) is 0 Å². The SMILES string of the molecule is CC1(C)C(C(=O)NC2CC(=O)N(CCc3ccc(F)cc3)C2)C1(C)C. The molecule has 2 amide bonds. The molecule has 0 bridgehead atoms. The van der Waals surface area contributed by atoms with Gasteiger partial charge in [0.2, 0.25) is 11.8 Å². The first-order chi connectivity index (χ1) is 11.6. The van der Waals surface area contributed by atoms with Gasteiger partial charge in [-0.25, -0.2) is 4.39 Å². The van der Waals surface area contributed by atoms with Crippen molar-refractivity contribution in [2.75, 3.05) is 13.1 Å². The zero-order valence-electron chi connectivity index (χ0n) is 15.4. The van der Waals surface area contributed by atoms with Crippen molar-refractivity contribution in [2.45, 2.75) is 46.6 Å². The highest BCUT2D eigenvalue weighted by Gasteiger charge is 2.68. The van der Waals surface area contributed by atoms with Gasteiger partial charge in [0.15, 0.2) is 0 Å². The second-order valence-electron chi connectivity index (χ2n) is 8.50. The van der Waals surface area contributed by atoms with Crippen LogP contribution in [0.4, 0.5) is 4.39 Å². The topological polar surface area (TPSA) is 49.4 Å². The molecule has 2 aliphatic rings. The lowest BCUT2D eigenvalue weighted by atomic mass is 10.0. The Morgan fingerprint density at radius 3 is 2.36 bits per heavy atom. The largest absolute Gasteiger partial charge is 0.351 e. The molecule has 25 heavy (non-hydrogen) atoms. The summed E-state index contributed by atoms with van der Waals surface area (Å²) in [6.07, 6.45) is 1.05. The number of hydrogen-bond donors (Lipinski definition) is 1. The third-order valence-corrected chi connectivity index (χ3v) is 6.43. The van der Waals surface area contributed by atoms with Crippen LogP contribution in [0, 0.1) is 22.6 Å². The van der Waals surface area contributed by atoms with Gasteiger partial charge in [0.05, 0.1) is 6.04 Å². The average Bonchev–Trinajstić information content (AvgIpc) is 2.76. The summed E-state index contributed by atoms with van der Waals surface area (Å²) in [6.45, 7) is 9.62. The molecule has 0 aromatic heterocycles. The molecule has 1 saturated heterocycles. The number of nitrogens with one attached hydrogen (secondary N) is 1. The maximum Gasteiger partial charge on any atom is 0.224 e. The molecule has 0 radical (unpaired) electrons. The summed E-state index contributed by atoms with van der Waals surface area (Å²) in [5.74, 6) is -0.118. The van der Waals surface area contributed by atoms with Gasteiger partial charge in [-0.05, 0) is 34.9 Å². The molecule has 1 aliphatic heterocycles. The molecule has 1 saturated carbocycles. The lowest BCUT2D eigenvalue weighted by molar-refractivity contribution is -0.127. The van der Waals surface area contributed by atoms with E-state index in [1.165, 1.54) is 12.1 Å². The van der Waals surface area contributed by atoms with Crippen molar-refractivity contribution in [1.29, 1.82) is 0 Å². The minimum atomic E-state index is -0.255. The maximum atomic E-state index is 12.9. The van der Waals surface area contributed by atoms with E-state index in [1.807, 2.05) is 0 Å². The first kappa shape index (κ1) is 17.9. The standard InChI is InChI=1S/C20H27FN2O2/c1-19(2)17(20(19,3)4)18(25)22-15-11-16(24)23(12-15)10-9-13-5-7-14(21)8-6-13/h5-8,15,17H,9-12H2,1-4H3,(H,22,25). The molecule has 0 spiro atoms. The van der Waals surface area contributed by atoms with Crippen LogP contribution in [0.2, 0.25) is 0 Å². The lowest BCUT2D eigenvalue weighted by Gasteiger charge is -2.17. The van der Waals surface area contributed by atoms with Crippen molar-refractivity contribution in [3.8, 4) is 0 Å². The minimum absolute atomic E-state index is 0.00195. The van der Waals surface area contributed by atoms with Gasteiger partial charge in [0, 0.05) is 25.4 Å². The van der Waals surface area contributed by atoms with Gasteiger partial charge in [-0.15, -0.1) is 0 Å². The second-order valence-corrected chi connectivity index (χ2v) is 8.50. The van der Waals surface area contributed by atoms with E-state index in [0.717, 1.165) is 5.56 Å². The highest BCUT2D eigenvalue weighted by Crippen LogP contribution is 2.68. The number of likely N-dealkylation sites (tertiary alicyclic amines) is 1. The van der Waals surface area contributed by atoms with Gasteiger partial charge < -0.3 is 10.2 Å². The molecule has 1 aromatic carbocycles. The van der Waals surface area contributed by atoms with Crippen molar-refractivity contribution < 1.29 is 14.0 Å². The Labute approximate surface area is 148 Å². The fourth-order valence-corrected chi connectivity index (χ4v) is 4.14. The quantitative estimate of drug-likeness (QED) is 0.891. The molecule has 4 nitrogen and oxygen atoms in total. The molecule has 3 rings (SSSR count). The van der Waals surface area contributed by atoms with Crippen LogP contribution in [-0.4, -0.2) is 35.8 Å². The van der Waals surface area contributed by atoms with Crippen molar-refractivity contribution in [2.24, 2.45) is 16.7 Å². The average molecular weight is 346 g/mol. The highest BCUT2D eigenvalue weighted by atomic mass is 19.1. The Morgan fingerprint density at radius 2 is 1.80 bits per heavy atom. The third kappa shape index (κ3) is 3.29. The molecule has 1 aliphatic carbocycles. The fraction of sp³-hybridized carbons (Fsp3) is 0.600. The number of carbonyl (C=O) groups excluding carboxylic acids is 2. The number of nitrogens with zero attached hydrogens (tertiary/aromatic N) is 1. The molecule has 1 unspecified atom stereocenters. The van der Waals surface area contributed by atoms with E-state index in [9.17, 15) is 14.0 Å². The molecule has 1 heterocycles. The van der Waals surface area contributed by atoms with E-state index in [2.05, 4.69) is 33.0 Å². The van der Waals surface area contributed by atoms with Crippen LogP contribution in [-0.2, 0) is 16.0 Å². The van der Waals surface area contributed by atoms with Gasteiger partial charge in [0.1, 0.15) is 5.82 Å². The number of amides is 2. The van der Waals surface area contributed by atoms with Crippen molar-refractivity contribution in [3.05, 3.63) is 35.6 Å². The molecule has 2 fully saturated rings. The number of halogens is 1. The van der Waals surface area contributed by atoms with E-state index in [1.54, 1.807) is 17.0 Å². The van der Waals surface area contributed by atoms with Crippen LogP contribution in [0.15, 0.2) is 24.3 Å². The molecular formula is C20H27FN2O2. The lowest BCUT2D eigenvalue weighted by Crippen LogP contribution is -2.39. The summed E-state index contributed by atoms with van der Waals surface area (Å²) < 4.78 is 12.9. The van der Waals surface area contributed by atoms with Gasteiger partial charge >= 0.3 is 0 Å². The predicted octanol–water partition coefficient (Wildman–Crippen LogP) is 2.77. The van der Waals surface area contributed by atoms with E-state index in [4.69, 9.17) is 0 Å². The first-order valence-electron chi connectivity index (χ1n) is 8.95. The molecule has 136 valence electrons. The first-order valence-corrected chi connectivity index (χ1v) is 8.95. The van der Waals surface area contributed by atoms with Gasteiger partial charge in [-0.1, -0.05) is 39.8 Å². The van der Waals surface area contributed by atoms with E-state index < -0.39 is 0 Å². The van der Waals surface area contributed by atoms with Crippen LogP contribution < -0.4 is 5.32 Å². The summed E-state index contributed by atoms with van der Waals surface area (Å²) >= 11 is 0. The highest BCUT2D eigenvalue weighted by molar-refractivity contribution is 5.86. The summed E-state index contributed by atoms with van der Waals surface area (Å²) in [5, 5.41) is 3.07. The Hall–Kier alpha value is -1.91. The van der Waals surface area contributed by atoms with E-state index in [-0.39, 0.29) is 40.4 Å². The number of benzene rings is 1. The van der Waals surface area contributed by atoms with Crippen LogP contribution in [0.25, 0.3) is 0 Å².